The molecule has 2 nitrogen and oxygen atoms in total. The van der Waals surface area contributed by atoms with E-state index in [2.05, 4.69) is 32.6 Å². The molecule has 0 aliphatic rings. The van der Waals surface area contributed by atoms with Crippen LogP contribution in [0.5, 0.6) is 0 Å². The molecule has 1 aromatic carbocycles. The summed E-state index contributed by atoms with van der Waals surface area (Å²) in [4.78, 5) is 2.08. The fourth-order valence-corrected chi connectivity index (χ4v) is 2.79. The summed E-state index contributed by atoms with van der Waals surface area (Å²) in [5.41, 5.74) is 5.56. The summed E-state index contributed by atoms with van der Waals surface area (Å²) in [6.07, 6.45) is -4.36. The lowest BCUT2D eigenvalue weighted by molar-refractivity contribution is -0.138. The average Bonchev–Trinajstić information content (AvgIpc) is 2.37. The van der Waals surface area contributed by atoms with Crippen molar-refractivity contribution in [2.45, 2.75) is 39.9 Å². The summed E-state index contributed by atoms with van der Waals surface area (Å²) >= 11 is 0. The Hall–Kier alpha value is -1.07. The summed E-state index contributed by atoms with van der Waals surface area (Å²) in [5.74, 6) is 0.733. The van der Waals surface area contributed by atoms with Crippen LogP contribution in [-0.4, -0.2) is 24.5 Å². The number of hydrogen-bond donors (Lipinski definition) is 1. The van der Waals surface area contributed by atoms with Gasteiger partial charge in [0.1, 0.15) is 0 Å². The summed E-state index contributed by atoms with van der Waals surface area (Å²) in [7, 11) is 0. The predicted octanol–water partition coefficient (Wildman–Crippen LogP) is 4.32. The Labute approximate surface area is 131 Å². The van der Waals surface area contributed by atoms with Gasteiger partial charge >= 0.3 is 6.18 Å². The predicted molar refractivity (Wildman–Crippen MR) is 84.5 cm³/mol. The Kier molecular flexibility index (Phi) is 6.88. The Morgan fingerprint density at radius 1 is 1.00 bits per heavy atom. The van der Waals surface area contributed by atoms with Gasteiger partial charge in [-0.3, -0.25) is 4.90 Å². The molecule has 0 heterocycles. The van der Waals surface area contributed by atoms with Gasteiger partial charge in [-0.1, -0.05) is 45.9 Å². The first-order chi connectivity index (χ1) is 10.2. The molecule has 126 valence electrons. The van der Waals surface area contributed by atoms with Crippen molar-refractivity contribution in [2.75, 3.05) is 19.6 Å². The second-order valence-electron chi connectivity index (χ2n) is 6.58. The number of benzene rings is 1. The van der Waals surface area contributed by atoms with Gasteiger partial charge in [-0.05, 0) is 23.5 Å². The van der Waals surface area contributed by atoms with Crippen LogP contribution in [0.4, 0.5) is 13.2 Å². The van der Waals surface area contributed by atoms with E-state index in [-0.39, 0.29) is 12.1 Å². The Morgan fingerprint density at radius 3 is 1.91 bits per heavy atom. The molecule has 0 aromatic heterocycles. The van der Waals surface area contributed by atoms with Crippen LogP contribution in [0, 0.1) is 11.8 Å². The van der Waals surface area contributed by atoms with Gasteiger partial charge in [0.2, 0.25) is 0 Å². The van der Waals surface area contributed by atoms with Crippen molar-refractivity contribution < 1.29 is 13.2 Å². The van der Waals surface area contributed by atoms with Crippen LogP contribution in [0.3, 0.4) is 0 Å². The average molecular weight is 316 g/mol. The molecule has 0 saturated carbocycles. The highest BCUT2D eigenvalue weighted by molar-refractivity contribution is 5.32. The third-order valence-corrected chi connectivity index (χ3v) is 3.49. The lowest BCUT2D eigenvalue weighted by atomic mass is 9.96. The molecule has 5 heteroatoms. The van der Waals surface area contributed by atoms with Crippen molar-refractivity contribution >= 4 is 0 Å². The van der Waals surface area contributed by atoms with Gasteiger partial charge < -0.3 is 5.73 Å². The zero-order valence-corrected chi connectivity index (χ0v) is 13.8. The molecule has 0 saturated heterocycles. The Balaban J connectivity index is 3.22. The number of rotatable bonds is 7. The van der Waals surface area contributed by atoms with Gasteiger partial charge in [-0.2, -0.15) is 13.2 Å². The smallest absolute Gasteiger partial charge is 0.329 e. The van der Waals surface area contributed by atoms with Crippen molar-refractivity contribution in [1.82, 2.24) is 4.90 Å². The van der Waals surface area contributed by atoms with Crippen LogP contribution in [0.25, 0.3) is 0 Å². The van der Waals surface area contributed by atoms with Gasteiger partial charge in [-0.25, -0.2) is 0 Å². The second kappa shape index (κ2) is 7.97. The van der Waals surface area contributed by atoms with Crippen LogP contribution in [-0.2, 0) is 6.18 Å². The minimum Gasteiger partial charge on any atom is -0.329 e. The summed E-state index contributed by atoms with van der Waals surface area (Å²) in [5, 5.41) is 0. The summed E-state index contributed by atoms with van der Waals surface area (Å²) in [6.45, 7) is 9.89. The lowest BCUT2D eigenvalue weighted by Crippen LogP contribution is -2.39. The van der Waals surface area contributed by atoms with Crippen molar-refractivity contribution in [2.24, 2.45) is 17.6 Å². The van der Waals surface area contributed by atoms with E-state index < -0.39 is 17.8 Å². The molecule has 1 unspecified atom stereocenters. The minimum absolute atomic E-state index is 0.173. The molecule has 2 N–H and O–H groups in total. The molecular weight excluding hydrogens is 289 g/mol. The molecule has 0 bridgehead atoms. The quantitative estimate of drug-likeness (QED) is 0.812. The van der Waals surface area contributed by atoms with E-state index in [9.17, 15) is 13.2 Å². The van der Waals surface area contributed by atoms with Crippen LogP contribution in [0.2, 0.25) is 0 Å². The molecule has 0 radical (unpaired) electrons. The van der Waals surface area contributed by atoms with Crippen LogP contribution in [0.1, 0.15) is 44.9 Å². The van der Waals surface area contributed by atoms with Crippen LogP contribution in [0.15, 0.2) is 24.3 Å². The van der Waals surface area contributed by atoms with Crippen LogP contribution < -0.4 is 5.73 Å². The standard InChI is InChI=1S/C17H27F3N2/c1-12(2)10-22(11-13(3)4)16(9-21)14-7-5-6-8-15(14)17(18,19)20/h5-8,12-13,16H,9-11,21H2,1-4H3. The van der Waals surface area contributed by atoms with Crippen molar-refractivity contribution in [3.05, 3.63) is 35.4 Å². The molecular formula is C17H27F3N2. The van der Waals surface area contributed by atoms with E-state index in [4.69, 9.17) is 5.73 Å². The molecule has 0 spiro atoms. The van der Waals surface area contributed by atoms with Gasteiger partial charge in [0.05, 0.1) is 5.56 Å². The normalized spacial score (nSPS) is 14.1. The lowest BCUT2D eigenvalue weighted by Gasteiger charge is -2.35. The number of nitrogens with zero attached hydrogens (tertiary/aromatic N) is 1. The van der Waals surface area contributed by atoms with E-state index in [0.29, 0.717) is 11.8 Å². The molecule has 0 aliphatic heterocycles. The van der Waals surface area contributed by atoms with E-state index in [1.54, 1.807) is 12.1 Å². The first-order valence-corrected chi connectivity index (χ1v) is 7.77. The topological polar surface area (TPSA) is 29.3 Å². The number of hydrogen-bond acceptors (Lipinski definition) is 2. The summed E-state index contributed by atoms with van der Waals surface area (Å²) in [6, 6.07) is 5.35. The van der Waals surface area contributed by atoms with Gasteiger partial charge in [0, 0.05) is 25.7 Å². The van der Waals surface area contributed by atoms with Crippen molar-refractivity contribution in [1.29, 1.82) is 0 Å². The highest BCUT2D eigenvalue weighted by Gasteiger charge is 2.36. The van der Waals surface area contributed by atoms with Gasteiger partial charge in [-0.15, -0.1) is 0 Å². The van der Waals surface area contributed by atoms with Crippen LogP contribution >= 0.6 is 0 Å². The molecule has 0 fully saturated rings. The third kappa shape index (κ3) is 5.29. The SMILES string of the molecule is CC(C)CN(CC(C)C)C(CN)c1ccccc1C(F)(F)F. The van der Waals surface area contributed by atoms with Crippen molar-refractivity contribution in [3.63, 3.8) is 0 Å². The fourth-order valence-electron chi connectivity index (χ4n) is 2.79. The molecule has 0 amide bonds. The molecule has 1 rings (SSSR count). The fraction of sp³-hybridized carbons (Fsp3) is 0.647. The van der Waals surface area contributed by atoms with Gasteiger partial charge in [0.15, 0.2) is 0 Å². The molecule has 1 aromatic rings. The van der Waals surface area contributed by atoms with Gasteiger partial charge in [0.25, 0.3) is 0 Å². The van der Waals surface area contributed by atoms with E-state index in [1.807, 2.05) is 0 Å². The zero-order valence-electron chi connectivity index (χ0n) is 13.8. The monoisotopic (exact) mass is 316 g/mol. The van der Waals surface area contributed by atoms with E-state index in [1.165, 1.54) is 6.07 Å². The molecule has 0 aliphatic carbocycles. The minimum atomic E-state index is -4.36. The largest absolute Gasteiger partial charge is 0.416 e. The van der Waals surface area contributed by atoms with Crippen molar-refractivity contribution in [3.8, 4) is 0 Å². The first kappa shape index (κ1) is 19.0. The first-order valence-electron chi connectivity index (χ1n) is 7.77. The maximum Gasteiger partial charge on any atom is 0.416 e. The number of nitrogens with two attached hydrogens (primary N) is 1. The maximum absolute atomic E-state index is 13.3. The van der Waals surface area contributed by atoms with E-state index in [0.717, 1.165) is 19.2 Å². The zero-order chi connectivity index (χ0) is 16.9. The maximum atomic E-state index is 13.3. The Bertz CT molecular complexity index is 445. The molecule has 22 heavy (non-hydrogen) atoms. The number of halogens is 3. The van der Waals surface area contributed by atoms with E-state index >= 15 is 0 Å². The Morgan fingerprint density at radius 2 is 1.50 bits per heavy atom. The number of alkyl halides is 3. The summed E-state index contributed by atoms with van der Waals surface area (Å²) < 4.78 is 39.8. The second-order valence-corrected chi connectivity index (χ2v) is 6.58. The highest BCUT2D eigenvalue weighted by Crippen LogP contribution is 2.36. The highest BCUT2D eigenvalue weighted by atomic mass is 19.4. The third-order valence-electron chi connectivity index (χ3n) is 3.49. The molecule has 1 atom stereocenters.